The first-order chi connectivity index (χ1) is 10.9. The normalized spacial score (nSPS) is 10.2. The molecule has 9 heteroatoms. The van der Waals surface area contributed by atoms with Crippen LogP contribution in [0.4, 0.5) is 11.5 Å². The molecule has 2 rings (SSSR count). The van der Waals surface area contributed by atoms with Gasteiger partial charge in [0.05, 0.1) is 35.2 Å². The summed E-state index contributed by atoms with van der Waals surface area (Å²) in [5.41, 5.74) is 0.989. The van der Waals surface area contributed by atoms with Crippen LogP contribution in [0.2, 0.25) is 0 Å². The van der Waals surface area contributed by atoms with Gasteiger partial charge in [-0.25, -0.2) is 4.79 Å². The zero-order valence-electron chi connectivity index (χ0n) is 12.5. The molecule has 0 atom stereocenters. The second-order valence-electron chi connectivity index (χ2n) is 4.64. The third-order valence-electron chi connectivity index (χ3n) is 3.06. The average Bonchev–Trinajstić information content (AvgIpc) is 2.88. The monoisotopic (exact) mass is 318 g/mol. The van der Waals surface area contributed by atoms with Gasteiger partial charge >= 0.3 is 11.8 Å². The predicted molar refractivity (Wildman–Crippen MR) is 80.0 cm³/mol. The summed E-state index contributed by atoms with van der Waals surface area (Å²) in [7, 11) is 1.24. The number of aromatic nitrogens is 2. The molecule has 1 aromatic carbocycles. The fourth-order valence-corrected chi connectivity index (χ4v) is 1.95. The van der Waals surface area contributed by atoms with Gasteiger partial charge in [0.15, 0.2) is 0 Å². The lowest BCUT2D eigenvalue weighted by molar-refractivity contribution is -0.389. The van der Waals surface area contributed by atoms with Crippen molar-refractivity contribution in [2.45, 2.75) is 13.5 Å². The van der Waals surface area contributed by atoms with E-state index in [9.17, 15) is 19.7 Å². The first-order valence-electron chi connectivity index (χ1n) is 6.58. The van der Waals surface area contributed by atoms with E-state index in [0.29, 0.717) is 11.4 Å². The van der Waals surface area contributed by atoms with Gasteiger partial charge in [0, 0.05) is 0 Å². The lowest BCUT2D eigenvalue weighted by atomic mass is 10.2. The summed E-state index contributed by atoms with van der Waals surface area (Å²) in [6.45, 7) is 1.39. The number of anilines is 1. The molecule has 9 nitrogen and oxygen atoms in total. The van der Waals surface area contributed by atoms with Crippen LogP contribution >= 0.6 is 0 Å². The van der Waals surface area contributed by atoms with Crippen molar-refractivity contribution >= 4 is 23.4 Å². The number of rotatable bonds is 5. The number of nitrogens with one attached hydrogen (secondary N) is 1. The summed E-state index contributed by atoms with van der Waals surface area (Å²) in [6, 6.07) is 7.65. The van der Waals surface area contributed by atoms with E-state index >= 15 is 0 Å². The largest absolute Gasteiger partial charge is 0.465 e. The molecule has 0 fully saturated rings. The second kappa shape index (κ2) is 6.69. The fraction of sp³-hybridized carbons (Fsp3) is 0.214. The molecule has 0 unspecified atom stereocenters. The van der Waals surface area contributed by atoms with Crippen LogP contribution in [0.5, 0.6) is 0 Å². The summed E-state index contributed by atoms with van der Waals surface area (Å²) in [5, 5.41) is 17.0. The lowest BCUT2D eigenvalue weighted by Crippen LogP contribution is -2.21. The number of aryl methyl sites for hydroxylation is 1. The third kappa shape index (κ3) is 3.70. The number of carbonyl (C=O) groups is 2. The van der Waals surface area contributed by atoms with Crippen LogP contribution in [0.25, 0.3) is 0 Å². The van der Waals surface area contributed by atoms with E-state index in [1.165, 1.54) is 23.9 Å². The van der Waals surface area contributed by atoms with Crippen LogP contribution in [-0.2, 0) is 16.1 Å². The smallest absolute Gasteiger partial charge is 0.390 e. The molecule has 1 heterocycles. The van der Waals surface area contributed by atoms with Crippen molar-refractivity contribution < 1.29 is 19.2 Å². The summed E-state index contributed by atoms with van der Waals surface area (Å²) >= 11 is 0. The molecule has 1 aromatic heterocycles. The quantitative estimate of drug-likeness (QED) is 0.507. The van der Waals surface area contributed by atoms with Gasteiger partial charge in [0.2, 0.25) is 5.91 Å². The van der Waals surface area contributed by atoms with Crippen molar-refractivity contribution in [1.29, 1.82) is 0 Å². The summed E-state index contributed by atoms with van der Waals surface area (Å²) in [6.07, 6.45) is 0. The Balaban J connectivity index is 2.15. The topological polar surface area (TPSA) is 116 Å². The molecule has 2 aromatic rings. The minimum Gasteiger partial charge on any atom is -0.465 e. The highest BCUT2D eigenvalue weighted by molar-refractivity contribution is 6.01. The SMILES string of the molecule is COC(=O)c1ccccc1NC(=O)Cn1nc([N+](=O)[O-])cc1C. The number of hydrogen-bond acceptors (Lipinski definition) is 6. The lowest BCUT2D eigenvalue weighted by Gasteiger charge is -2.09. The van der Waals surface area contributed by atoms with E-state index in [-0.39, 0.29) is 17.9 Å². The number of hydrogen-bond donors (Lipinski definition) is 1. The third-order valence-corrected chi connectivity index (χ3v) is 3.06. The number of methoxy groups -OCH3 is 1. The number of nitrogens with zero attached hydrogens (tertiary/aromatic N) is 3. The van der Waals surface area contributed by atoms with Crippen LogP contribution in [0.1, 0.15) is 16.1 Å². The van der Waals surface area contributed by atoms with Gasteiger partial charge in [-0.1, -0.05) is 12.1 Å². The molecule has 0 spiro atoms. The Morgan fingerprint density at radius 3 is 2.70 bits per heavy atom. The second-order valence-corrected chi connectivity index (χ2v) is 4.64. The molecule has 1 N–H and O–H groups in total. The summed E-state index contributed by atoms with van der Waals surface area (Å²) in [5.74, 6) is -1.38. The Labute approximate surface area is 131 Å². The van der Waals surface area contributed by atoms with Crippen molar-refractivity contribution in [3.05, 3.63) is 51.7 Å². The first kappa shape index (κ1) is 16.1. The Kier molecular flexibility index (Phi) is 4.69. The molecule has 1 amide bonds. The molecular weight excluding hydrogens is 304 g/mol. The number of carbonyl (C=O) groups excluding carboxylic acids is 2. The van der Waals surface area contributed by atoms with E-state index in [4.69, 9.17) is 0 Å². The van der Waals surface area contributed by atoms with Gasteiger partial charge in [-0.2, -0.15) is 4.68 Å². The van der Waals surface area contributed by atoms with E-state index in [0.717, 1.165) is 0 Å². The Morgan fingerprint density at radius 2 is 2.09 bits per heavy atom. The minimum atomic E-state index is -0.631. The molecule has 23 heavy (non-hydrogen) atoms. The summed E-state index contributed by atoms with van der Waals surface area (Å²) in [4.78, 5) is 33.8. The highest BCUT2D eigenvalue weighted by Crippen LogP contribution is 2.16. The molecular formula is C14H14N4O5. The highest BCUT2D eigenvalue weighted by atomic mass is 16.6. The van der Waals surface area contributed by atoms with Crippen LogP contribution in [-0.4, -0.2) is 33.7 Å². The fourth-order valence-electron chi connectivity index (χ4n) is 1.95. The van der Waals surface area contributed by atoms with E-state index < -0.39 is 16.8 Å². The van der Waals surface area contributed by atoms with Crippen molar-refractivity contribution in [3.8, 4) is 0 Å². The summed E-state index contributed by atoms with van der Waals surface area (Å²) < 4.78 is 5.86. The van der Waals surface area contributed by atoms with Crippen molar-refractivity contribution in [2.75, 3.05) is 12.4 Å². The maximum atomic E-state index is 12.1. The number of esters is 1. The number of benzene rings is 1. The van der Waals surface area contributed by atoms with Gasteiger partial charge in [-0.15, -0.1) is 0 Å². The maximum absolute atomic E-state index is 12.1. The van der Waals surface area contributed by atoms with Gasteiger partial charge < -0.3 is 20.2 Å². The van der Waals surface area contributed by atoms with Crippen LogP contribution in [0.15, 0.2) is 30.3 Å². The molecule has 0 aliphatic carbocycles. The van der Waals surface area contributed by atoms with Crippen LogP contribution < -0.4 is 5.32 Å². The molecule has 0 aliphatic heterocycles. The molecule has 0 bridgehead atoms. The Bertz CT molecular complexity index is 768. The number of amides is 1. The van der Waals surface area contributed by atoms with E-state index in [1.807, 2.05) is 0 Å². The van der Waals surface area contributed by atoms with E-state index in [2.05, 4.69) is 15.2 Å². The standard InChI is InChI=1S/C14H14N4O5/c1-9-7-12(18(21)22)16-17(9)8-13(19)15-11-6-4-3-5-10(11)14(20)23-2/h3-7H,8H2,1-2H3,(H,15,19). The number of nitro groups is 1. The van der Waals surface area contributed by atoms with Gasteiger partial charge in [-0.05, 0) is 24.0 Å². The highest BCUT2D eigenvalue weighted by Gasteiger charge is 2.19. The van der Waals surface area contributed by atoms with Gasteiger partial charge in [0.1, 0.15) is 6.54 Å². The average molecular weight is 318 g/mol. The molecule has 0 radical (unpaired) electrons. The van der Waals surface area contributed by atoms with E-state index in [1.54, 1.807) is 25.1 Å². The van der Waals surface area contributed by atoms with Crippen LogP contribution in [0, 0.1) is 17.0 Å². The van der Waals surface area contributed by atoms with Crippen LogP contribution in [0.3, 0.4) is 0 Å². The molecule has 120 valence electrons. The van der Waals surface area contributed by atoms with Crippen molar-refractivity contribution in [1.82, 2.24) is 9.78 Å². The van der Waals surface area contributed by atoms with Crippen molar-refractivity contribution in [2.24, 2.45) is 0 Å². The zero-order chi connectivity index (χ0) is 17.0. The number of para-hydroxylation sites is 1. The molecule has 0 saturated carbocycles. The number of ether oxygens (including phenoxy) is 1. The Morgan fingerprint density at radius 1 is 1.39 bits per heavy atom. The first-order valence-corrected chi connectivity index (χ1v) is 6.58. The van der Waals surface area contributed by atoms with Gasteiger partial charge in [0.25, 0.3) is 0 Å². The van der Waals surface area contributed by atoms with Gasteiger partial charge in [-0.3, -0.25) is 4.79 Å². The minimum absolute atomic E-state index is 0.213. The Hall–Kier alpha value is -3.23. The predicted octanol–water partition coefficient (Wildman–Crippen LogP) is 1.53. The zero-order valence-corrected chi connectivity index (χ0v) is 12.5. The molecule has 0 saturated heterocycles. The maximum Gasteiger partial charge on any atom is 0.390 e. The van der Waals surface area contributed by atoms with Crippen molar-refractivity contribution in [3.63, 3.8) is 0 Å². The molecule has 0 aliphatic rings.